The Hall–Kier alpha value is -0.570. The lowest BCUT2D eigenvalue weighted by molar-refractivity contribution is -0.146. The Kier molecular flexibility index (Phi) is 4.59. The van der Waals surface area contributed by atoms with E-state index >= 15 is 0 Å². The zero-order chi connectivity index (χ0) is 13.1. The van der Waals surface area contributed by atoms with Gasteiger partial charge >= 0.3 is 0 Å². The second kappa shape index (κ2) is 5.38. The molecule has 0 saturated carbocycles. The van der Waals surface area contributed by atoms with E-state index in [1.54, 1.807) is 0 Å². The van der Waals surface area contributed by atoms with Crippen molar-refractivity contribution in [3.8, 4) is 0 Å². The van der Waals surface area contributed by atoms with Crippen molar-refractivity contribution in [2.24, 2.45) is 10.8 Å². The normalized spacial score (nSPS) is 18.3. The zero-order valence-corrected chi connectivity index (χ0v) is 12.0. The van der Waals surface area contributed by atoms with Gasteiger partial charge in [0.1, 0.15) is 0 Å². The van der Waals surface area contributed by atoms with Crippen LogP contribution in [-0.4, -0.2) is 37.1 Å². The Morgan fingerprint density at radius 3 is 2.18 bits per heavy atom. The summed E-state index contributed by atoms with van der Waals surface area (Å²) < 4.78 is 5.29. The van der Waals surface area contributed by atoms with Crippen molar-refractivity contribution >= 4 is 5.91 Å². The molecule has 0 aliphatic carbocycles. The molecule has 3 nitrogen and oxygen atoms in total. The Morgan fingerprint density at radius 2 is 1.71 bits per heavy atom. The molecule has 100 valence electrons. The van der Waals surface area contributed by atoms with Crippen molar-refractivity contribution in [1.82, 2.24) is 4.90 Å². The maximum Gasteiger partial charge on any atom is 0.228 e. The highest BCUT2D eigenvalue weighted by molar-refractivity contribution is 5.82. The molecule has 1 heterocycles. The van der Waals surface area contributed by atoms with Crippen molar-refractivity contribution in [1.29, 1.82) is 0 Å². The SMILES string of the molecule is CCC(C)(C)CC(C)(C)C(=O)N1CCOCC1. The van der Waals surface area contributed by atoms with Crippen molar-refractivity contribution in [2.75, 3.05) is 26.3 Å². The summed E-state index contributed by atoms with van der Waals surface area (Å²) in [5.74, 6) is 0.280. The molecule has 17 heavy (non-hydrogen) atoms. The molecule has 3 heteroatoms. The van der Waals surface area contributed by atoms with Crippen molar-refractivity contribution in [3.05, 3.63) is 0 Å². The molecule has 1 fully saturated rings. The average molecular weight is 241 g/mol. The van der Waals surface area contributed by atoms with Gasteiger partial charge in [0.2, 0.25) is 5.91 Å². The zero-order valence-electron chi connectivity index (χ0n) is 12.0. The lowest BCUT2D eigenvalue weighted by atomic mass is 9.73. The molecule has 1 saturated heterocycles. The van der Waals surface area contributed by atoms with Crippen LogP contribution in [0.1, 0.15) is 47.5 Å². The third-order valence-electron chi connectivity index (χ3n) is 3.75. The number of carbonyl (C=O) groups is 1. The van der Waals surface area contributed by atoms with Crippen molar-refractivity contribution < 1.29 is 9.53 Å². The standard InChI is InChI=1S/C14H27NO2/c1-6-13(2,3)11-14(4,5)12(16)15-7-9-17-10-8-15/h6-11H2,1-5H3. The van der Waals surface area contributed by atoms with Gasteiger partial charge in [0, 0.05) is 18.5 Å². The van der Waals surface area contributed by atoms with E-state index in [1.807, 2.05) is 4.90 Å². The van der Waals surface area contributed by atoms with Crippen LogP contribution in [0.2, 0.25) is 0 Å². The molecule has 0 spiro atoms. The minimum atomic E-state index is -0.267. The number of carbonyl (C=O) groups excluding carboxylic acids is 1. The Balaban J connectivity index is 2.65. The maximum atomic E-state index is 12.5. The van der Waals surface area contributed by atoms with E-state index in [-0.39, 0.29) is 16.7 Å². The first kappa shape index (κ1) is 14.5. The second-order valence-electron chi connectivity index (χ2n) is 6.48. The van der Waals surface area contributed by atoms with Crippen LogP contribution >= 0.6 is 0 Å². The molecule has 0 radical (unpaired) electrons. The summed E-state index contributed by atoms with van der Waals surface area (Å²) in [5, 5.41) is 0. The molecule has 1 aliphatic heterocycles. The number of amides is 1. The predicted molar refractivity (Wildman–Crippen MR) is 69.9 cm³/mol. The predicted octanol–water partition coefficient (Wildman–Crippen LogP) is 2.70. The molecule has 0 atom stereocenters. The van der Waals surface area contributed by atoms with E-state index in [1.165, 1.54) is 0 Å². The molecular formula is C14H27NO2. The number of nitrogens with zero attached hydrogens (tertiary/aromatic N) is 1. The van der Waals surface area contributed by atoms with Crippen LogP contribution < -0.4 is 0 Å². The Morgan fingerprint density at radius 1 is 1.18 bits per heavy atom. The number of morpholine rings is 1. The van der Waals surface area contributed by atoms with Crippen LogP contribution in [0.5, 0.6) is 0 Å². The van der Waals surface area contributed by atoms with Gasteiger partial charge in [-0.2, -0.15) is 0 Å². The Bertz CT molecular complexity index is 265. The fraction of sp³-hybridized carbons (Fsp3) is 0.929. The van der Waals surface area contributed by atoms with Gasteiger partial charge in [-0.05, 0) is 11.8 Å². The quantitative estimate of drug-likeness (QED) is 0.757. The van der Waals surface area contributed by atoms with Gasteiger partial charge in [-0.15, -0.1) is 0 Å². The number of ether oxygens (including phenoxy) is 1. The first-order chi connectivity index (χ1) is 7.78. The molecule has 1 rings (SSSR count). The van der Waals surface area contributed by atoms with Crippen LogP contribution in [-0.2, 0) is 9.53 Å². The first-order valence-corrected chi connectivity index (χ1v) is 6.66. The highest BCUT2D eigenvalue weighted by Gasteiger charge is 2.36. The van der Waals surface area contributed by atoms with Gasteiger partial charge in [0.25, 0.3) is 0 Å². The smallest absolute Gasteiger partial charge is 0.228 e. The summed E-state index contributed by atoms with van der Waals surface area (Å²) in [6.45, 7) is 13.7. The molecule has 1 amide bonds. The van der Waals surface area contributed by atoms with Gasteiger partial charge in [0.05, 0.1) is 13.2 Å². The van der Waals surface area contributed by atoms with Crippen LogP contribution in [0, 0.1) is 10.8 Å². The highest BCUT2D eigenvalue weighted by atomic mass is 16.5. The van der Waals surface area contributed by atoms with E-state index in [4.69, 9.17) is 4.74 Å². The summed E-state index contributed by atoms with van der Waals surface area (Å²) in [7, 11) is 0. The highest BCUT2D eigenvalue weighted by Crippen LogP contribution is 2.37. The molecule has 1 aliphatic rings. The third kappa shape index (κ3) is 3.98. The molecule has 0 unspecified atom stereocenters. The minimum Gasteiger partial charge on any atom is -0.378 e. The van der Waals surface area contributed by atoms with E-state index in [9.17, 15) is 4.79 Å². The summed E-state index contributed by atoms with van der Waals surface area (Å²) in [6.07, 6.45) is 2.04. The maximum absolute atomic E-state index is 12.5. The molecular weight excluding hydrogens is 214 g/mol. The molecule has 0 aromatic rings. The second-order valence-corrected chi connectivity index (χ2v) is 6.48. The van der Waals surface area contributed by atoms with Gasteiger partial charge in [-0.3, -0.25) is 4.79 Å². The fourth-order valence-electron chi connectivity index (χ4n) is 2.59. The van der Waals surface area contributed by atoms with Crippen LogP contribution in [0.4, 0.5) is 0 Å². The number of rotatable bonds is 4. The molecule has 0 aromatic carbocycles. The van der Waals surface area contributed by atoms with Crippen LogP contribution in [0.25, 0.3) is 0 Å². The average Bonchev–Trinajstić information content (AvgIpc) is 2.28. The van der Waals surface area contributed by atoms with Crippen LogP contribution in [0.3, 0.4) is 0 Å². The van der Waals surface area contributed by atoms with Gasteiger partial charge in [-0.25, -0.2) is 0 Å². The lowest BCUT2D eigenvalue weighted by Gasteiger charge is -2.38. The minimum absolute atomic E-state index is 0.228. The summed E-state index contributed by atoms with van der Waals surface area (Å²) in [5.41, 5.74) is -0.0394. The summed E-state index contributed by atoms with van der Waals surface area (Å²) >= 11 is 0. The van der Waals surface area contributed by atoms with Gasteiger partial charge in [-0.1, -0.05) is 41.0 Å². The largest absolute Gasteiger partial charge is 0.378 e. The third-order valence-corrected chi connectivity index (χ3v) is 3.75. The summed E-state index contributed by atoms with van der Waals surface area (Å²) in [4.78, 5) is 14.4. The fourth-order valence-corrected chi connectivity index (χ4v) is 2.59. The monoisotopic (exact) mass is 241 g/mol. The number of hydrogen-bond donors (Lipinski definition) is 0. The topological polar surface area (TPSA) is 29.5 Å². The van der Waals surface area contributed by atoms with Gasteiger partial charge in [0.15, 0.2) is 0 Å². The molecule has 0 aromatic heterocycles. The van der Waals surface area contributed by atoms with Gasteiger partial charge < -0.3 is 9.64 Å². The van der Waals surface area contributed by atoms with E-state index < -0.39 is 0 Å². The molecule has 0 N–H and O–H groups in total. The lowest BCUT2D eigenvalue weighted by Crippen LogP contribution is -2.47. The number of hydrogen-bond acceptors (Lipinski definition) is 2. The first-order valence-electron chi connectivity index (χ1n) is 6.66. The van der Waals surface area contributed by atoms with E-state index in [0.717, 1.165) is 25.9 Å². The summed E-state index contributed by atoms with van der Waals surface area (Å²) in [6, 6.07) is 0. The Labute approximate surface area is 106 Å². The van der Waals surface area contributed by atoms with E-state index in [2.05, 4.69) is 34.6 Å². The van der Waals surface area contributed by atoms with Crippen molar-refractivity contribution in [2.45, 2.75) is 47.5 Å². The molecule has 0 bridgehead atoms. The van der Waals surface area contributed by atoms with Crippen LogP contribution in [0.15, 0.2) is 0 Å². The van der Waals surface area contributed by atoms with E-state index in [0.29, 0.717) is 13.2 Å². The van der Waals surface area contributed by atoms with Crippen molar-refractivity contribution in [3.63, 3.8) is 0 Å².